The molecule has 9 heteroatoms. The van der Waals surface area contributed by atoms with E-state index in [4.69, 9.17) is 0 Å². The topological polar surface area (TPSA) is 73.0 Å². The maximum atomic E-state index is 13.3. The predicted octanol–water partition coefficient (Wildman–Crippen LogP) is 1.38. The molecule has 3 rings (SSSR count). The highest BCUT2D eigenvalue weighted by Gasteiger charge is 2.27. The third-order valence-electron chi connectivity index (χ3n) is 6.06. The van der Waals surface area contributed by atoms with E-state index in [-0.39, 0.29) is 18.2 Å². The van der Waals surface area contributed by atoms with Crippen LogP contribution < -0.4 is 5.32 Å². The first-order valence-corrected chi connectivity index (χ1v) is 12.5. The molecular weight excluding hydrogens is 407 g/mol. The third kappa shape index (κ3) is 6.23. The molecule has 1 aromatic carbocycles. The Morgan fingerprint density at radius 2 is 1.83 bits per heavy atom. The van der Waals surface area contributed by atoms with Gasteiger partial charge in [0.05, 0.1) is 5.75 Å². The van der Waals surface area contributed by atoms with Crippen LogP contribution in [0.2, 0.25) is 0 Å². The summed E-state index contributed by atoms with van der Waals surface area (Å²) in [4.78, 5) is 17.0. The summed E-state index contributed by atoms with van der Waals surface area (Å²) in [6.45, 7) is 6.69. The molecule has 2 heterocycles. The van der Waals surface area contributed by atoms with E-state index in [2.05, 4.69) is 17.1 Å². The first-order valence-electron chi connectivity index (χ1n) is 10.8. The Labute approximate surface area is 179 Å². The van der Waals surface area contributed by atoms with Crippen molar-refractivity contribution in [2.24, 2.45) is 0 Å². The first kappa shape index (κ1) is 23.1. The Kier molecular flexibility index (Phi) is 8.21. The van der Waals surface area contributed by atoms with Crippen LogP contribution in [0, 0.1) is 5.82 Å². The number of piperazine rings is 1. The average molecular weight is 441 g/mol. The Balaban J connectivity index is 1.67. The molecule has 2 aliphatic heterocycles. The van der Waals surface area contributed by atoms with Gasteiger partial charge in [0.2, 0.25) is 10.0 Å². The number of carbonyl (C=O) groups excluding carboxylic acids is 1. The lowest BCUT2D eigenvalue weighted by Crippen LogP contribution is -2.49. The molecule has 0 bridgehead atoms. The second-order valence-corrected chi connectivity index (χ2v) is 10.2. The van der Waals surface area contributed by atoms with Gasteiger partial charge < -0.3 is 10.2 Å². The highest BCUT2D eigenvalue weighted by Crippen LogP contribution is 2.16. The number of benzene rings is 1. The van der Waals surface area contributed by atoms with Crippen LogP contribution in [-0.4, -0.2) is 92.6 Å². The van der Waals surface area contributed by atoms with Crippen LogP contribution >= 0.6 is 0 Å². The van der Waals surface area contributed by atoms with E-state index in [0.29, 0.717) is 50.9 Å². The number of piperidine rings is 1. The molecule has 1 amide bonds. The fourth-order valence-electron chi connectivity index (χ4n) is 4.11. The minimum atomic E-state index is -3.43. The Bertz CT molecular complexity index is 797. The van der Waals surface area contributed by atoms with E-state index in [9.17, 15) is 17.6 Å². The maximum Gasteiger partial charge on any atom is 0.253 e. The summed E-state index contributed by atoms with van der Waals surface area (Å²) < 4.78 is 40.3. The lowest BCUT2D eigenvalue weighted by atomic mass is 10.0. The van der Waals surface area contributed by atoms with E-state index in [1.165, 1.54) is 35.0 Å². The number of carbonyl (C=O) groups is 1. The quantitative estimate of drug-likeness (QED) is 0.661. The molecule has 1 atom stereocenters. The van der Waals surface area contributed by atoms with Gasteiger partial charge in [0.25, 0.3) is 5.91 Å². The Hall–Kier alpha value is -1.55. The van der Waals surface area contributed by atoms with Gasteiger partial charge in [0.15, 0.2) is 0 Å². The number of rotatable bonds is 8. The van der Waals surface area contributed by atoms with Gasteiger partial charge >= 0.3 is 0 Å². The molecule has 0 radical (unpaired) electrons. The fourth-order valence-corrected chi connectivity index (χ4v) is 5.55. The largest absolute Gasteiger partial charge is 0.336 e. The number of hydrogen-bond donors (Lipinski definition) is 1. The third-order valence-corrected chi connectivity index (χ3v) is 7.92. The Morgan fingerprint density at radius 1 is 1.13 bits per heavy atom. The standard InChI is InChI=1S/C21H33FN4O3S/c1-18-4-2-3-11-24(18)14-15-25(21(27)19-5-7-20(22)8-6-19)16-17-30(28,29)26-12-9-23-10-13-26/h5-8,18,23H,2-4,9-17H2,1H3. The lowest BCUT2D eigenvalue weighted by Gasteiger charge is -2.35. The maximum absolute atomic E-state index is 13.3. The van der Waals surface area contributed by atoms with Gasteiger partial charge in [-0.25, -0.2) is 12.8 Å². The molecule has 2 fully saturated rings. The molecule has 1 aromatic rings. The van der Waals surface area contributed by atoms with Crippen LogP contribution in [0.3, 0.4) is 0 Å². The van der Waals surface area contributed by atoms with E-state index >= 15 is 0 Å². The molecule has 7 nitrogen and oxygen atoms in total. The van der Waals surface area contributed by atoms with Gasteiger partial charge in [-0.05, 0) is 50.6 Å². The minimum Gasteiger partial charge on any atom is -0.336 e. The van der Waals surface area contributed by atoms with E-state index in [0.717, 1.165) is 19.4 Å². The highest BCUT2D eigenvalue weighted by molar-refractivity contribution is 7.89. The number of sulfonamides is 1. The number of amides is 1. The number of likely N-dealkylation sites (tertiary alicyclic amines) is 1. The van der Waals surface area contributed by atoms with Crippen molar-refractivity contribution in [3.05, 3.63) is 35.6 Å². The lowest BCUT2D eigenvalue weighted by molar-refractivity contribution is 0.0717. The van der Waals surface area contributed by atoms with Crippen LogP contribution in [0.4, 0.5) is 4.39 Å². The zero-order chi connectivity index (χ0) is 21.6. The van der Waals surface area contributed by atoms with Crippen LogP contribution in [-0.2, 0) is 10.0 Å². The van der Waals surface area contributed by atoms with Crippen molar-refractivity contribution in [3.8, 4) is 0 Å². The minimum absolute atomic E-state index is 0.102. The van der Waals surface area contributed by atoms with Gasteiger partial charge in [0.1, 0.15) is 5.82 Å². The molecule has 2 aliphatic rings. The van der Waals surface area contributed by atoms with Crippen molar-refractivity contribution < 1.29 is 17.6 Å². The summed E-state index contributed by atoms with van der Waals surface area (Å²) in [5, 5.41) is 3.15. The molecule has 0 aliphatic carbocycles. The van der Waals surface area contributed by atoms with Gasteiger partial charge in [0, 0.05) is 57.4 Å². The number of hydrogen-bond acceptors (Lipinski definition) is 5. The second kappa shape index (κ2) is 10.7. The van der Waals surface area contributed by atoms with Crippen molar-refractivity contribution in [1.82, 2.24) is 19.4 Å². The van der Waals surface area contributed by atoms with Gasteiger partial charge in [-0.1, -0.05) is 6.42 Å². The summed E-state index contributed by atoms with van der Waals surface area (Å²) in [5.41, 5.74) is 0.377. The van der Waals surface area contributed by atoms with Crippen molar-refractivity contribution in [2.45, 2.75) is 32.2 Å². The van der Waals surface area contributed by atoms with Crippen molar-refractivity contribution in [3.63, 3.8) is 0 Å². The van der Waals surface area contributed by atoms with E-state index < -0.39 is 15.8 Å². The summed E-state index contributed by atoms with van der Waals surface area (Å²) in [6, 6.07) is 5.90. The number of nitrogens with zero attached hydrogens (tertiary/aromatic N) is 3. The van der Waals surface area contributed by atoms with Crippen LogP contribution in [0.5, 0.6) is 0 Å². The number of halogens is 1. The molecule has 1 N–H and O–H groups in total. The first-order chi connectivity index (χ1) is 14.4. The number of nitrogens with one attached hydrogen (secondary N) is 1. The van der Waals surface area contributed by atoms with Crippen molar-refractivity contribution in [2.75, 3.05) is 58.1 Å². The summed E-state index contributed by atoms with van der Waals surface area (Å²) in [5.74, 6) is -0.758. The highest BCUT2D eigenvalue weighted by atomic mass is 32.2. The molecule has 1 unspecified atom stereocenters. The van der Waals surface area contributed by atoms with Gasteiger partial charge in [-0.15, -0.1) is 0 Å². The van der Waals surface area contributed by atoms with Gasteiger partial charge in [-0.3, -0.25) is 9.69 Å². The smallest absolute Gasteiger partial charge is 0.253 e. The zero-order valence-electron chi connectivity index (χ0n) is 17.7. The summed E-state index contributed by atoms with van der Waals surface area (Å²) in [7, 11) is -3.43. The molecule has 2 saturated heterocycles. The fraction of sp³-hybridized carbons (Fsp3) is 0.667. The van der Waals surface area contributed by atoms with Gasteiger partial charge in [-0.2, -0.15) is 4.31 Å². The summed E-state index contributed by atoms with van der Waals surface area (Å²) in [6.07, 6.45) is 3.51. The predicted molar refractivity (Wildman–Crippen MR) is 115 cm³/mol. The molecule has 30 heavy (non-hydrogen) atoms. The van der Waals surface area contributed by atoms with E-state index in [1.807, 2.05) is 0 Å². The van der Waals surface area contributed by atoms with Crippen molar-refractivity contribution >= 4 is 15.9 Å². The van der Waals surface area contributed by atoms with Crippen molar-refractivity contribution in [1.29, 1.82) is 0 Å². The molecule has 0 saturated carbocycles. The molecule has 0 spiro atoms. The van der Waals surface area contributed by atoms with E-state index in [1.54, 1.807) is 4.90 Å². The summed E-state index contributed by atoms with van der Waals surface area (Å²) >= 11 is 0. The SMILES string of the molecule is CC1CCCCN1CCN(CCS(=O)(=O)N1CCNCC1)C(=O)c1ccc(F)cc1. The second-order valence-electron chi connectivity index (χ2n) is 8.14. The molecule has 0 aromatic heterocycles. The molecular formula is C21H33FN4O3S. The monoisotopic (exact) mass is 440 g/mol. The molecule has 168 valence electrons. The Morgan fingerprint density at radius 3 is 2.50 bits per heavy atom. The normalized spacial score (nSPS) is 21.5. The van der Waals surface area contributed by atoms with Crippen LogP contribution in [0.1, 0.15) is 36.5 Å². The zero-order valence-corrected chi connectivity index (χ0v) is 18.5. The average Bonchev–Trinajstić information content (AvgIpc) is 2.75. The van der Waals surface area contributed by atoms with Crippen LogP contribution in [0.15, 0.2) is 24.3 Å². The van der Waals surface area contributed by atoms with Crippen LogP contribution in [0.25, 0.3) is 0 Å².